The van der Waals surface area contributed by atoms with Gasteiger partial charge in [-0.15, -0.1) is 11.3 Å². The maximum atomic E-state index is 14.0. The van der Waals surface area contributed by atoms with Crippen LogP contribution in [0.3, 0.4) is 0 Å². The molecule has 8 rings (SSSR count). The zero-order chi connectivity index (χ0) is 32.7. The summed E-state index contributed by atoms with van der Waals surface area (Å²) in [4.78, 5) is 36.0. The minimum absolute atomic E-state index is 0.0157. The van der Waals surface area contributed by atoms with Gasteiger partial charge in [0.25, 0.3) is 0 Å². The maximum absolute atomic E-state index is 14.0. The predicted octanol–water partition coefficient (Wildman–Crippen LogP) is 7.24. The van der Waals surface area contributed by atoms with Crippen LogP contribution in [0.4, 0.5) is 10.1 Å². The number of thiazole rings is 1. The summed E-state index contributed by atoms with van der Waals surface area (Å²) in [6.07, 6.45) is 8.71. The first kappa shape index (κ1) is 30.7. The average molecular weight is 661 g/mol. The third kappa shape index (κ3) is 6.30. The van der Waals surface area contributed by atoms with Gasteiger partial charge in [-0.25, -0.2) is 9.37 Å². The van der Waals surface area contributed by atoms with Gasteiger partial charge in [-0.1, -0.05) is 43.2 Å². The quantitative estimate of drug-likeness (QED) is 0.174. The van der Waals surface area contributed by atoms with E-state index < -0.39 is 5.41 Å². The summed E-state index contributed by atoms with van der Waals surface area (Å²) in [5.74, 6) is 0.397. The number of hydrogen-bond acceptors (Lipinski definition) is 6. The highest BCUT2D eigenvalue weighted by molar-refractivity contribution is 7.13. The Bertz CT molecular complexity index is 1980. The molecule has 2 aromatic heterocycles. The van der Waals surface area contributed by atoms with Crippen LogP contribution in [-0.4, -0.2) is 69.5 Å². The summed E-state index contributed by atoms with van der Waals surface area (Å²) in [7, 11) is 0. The number of likely N-dealkylation sites (tertiary alicyclic amines) is 1. The number of benzene rings is 3. The Morgan fingerprint density at radius 2 is 1.79 bits per heavy atom. The molecular weight excluding hydrogens is 624 g/mol. The van der Waals surface area contributed by atoms with Crippen molar-refractivity contribution in [3.63, 3.8) is 0 Å². The molecule has 1 saturated carbocycles. The Labute approximate surface area is 282 Å². The average Bonchev–Trinajstić information content (AvgIpc) is 3.44. The van der Waals surface area contributed by atoms with Gasteiger partial charge in [-0.3, -0.25) is 19.6 Å². The molecule has 8 nitrogen and oxygen atoms in total. The van der Waals surface area contributed by atoms with Crippen LogP contribution in [0.2, 0.25) is 0 Å². The summed E-state index contributed by atoms with van der Waals surface area (Å²) in [6, 6.07) is 20.5. The van der Waals surface area contributed by atoms with Crippen molar-refractivity contribution in [3.8, 4) is 21.8 Å². The normalized spacial score (nSPS) is 19.9. The molecule has 4 heterocycles. The van der Waals surface area contributed by atoms with Gasteiger partial charge in [0.1, 0.15) is 10.8 Å². The molecule has 48 heavy (non-hydrogen) atoms. The van der Waals surface area contributed by atoms with Crippen molar-refractivity contribution in [1.82, 2.24) is 25.0 Å². The van der Waals surface area contributed by atoms with E-state index in [2.05, 4.69) is 55.7 Å². The van der Waals surface area contributed by atoms with E-state index in [1.165, 1.54) is 23.3 Å². The van der Waals surface area contributed by atoms with Crippen molar-refractivity contribution >= 4 is 45.3 Å². The maximum Gasteiger partial charge on any atom is 0.237 e. The van der Waals surface area contributed by atoms with Crippen LogP contribution in [0, 0.1) is 17.2 Å². The molecule has 3 aromatic carbocycles. The molecule has 1 atom stereocenters. The van der Waals surface area contributed by atoms with Gasteiger partial charge >= 0.3 is 0 Å². The molecule has 1 aliphatic carbocycles. The summed E-state index contributed by atoms with van der Waals surface area (Å²) in [5.41, 5.74) is 6.10. The fourth-order valence-corrected chi connectivity index (χ4v) is 7.88. The molecule has 2 fully saturated rings. The number of nitrogens with one attached hydrogen (secondary N) is 2. The summed E-state index contributed by atoms with van der Waals surface area (Å²) in [5, 5.41) is 14.6. The largest absolute Gasteiger partial charge is 0.338 e. The van der Waals surface area contributed by atoms with Crippen LogP contribution < -0.4 is 5.32 Å². The standard InChI is InChI=1S/C38H37FN6O2S/c39-30-9-7-28(8-10-30)35-32-21-31(11-12-33(32)42-43-35)41-37(47)38(22-25-1-2-25)15-19-44(24-38)23-34(46)45-17-13-27(14-18-45)26-3-5-29(6-4-26)36-40-16-20-48-36/h3-13,16,20-21,25H,1-2,14-15,17-19,22-24H2,(H,41,47)(H,42,43)/t38-/m0/s1. The first-order chi connectivity index (χ1) is 23.4. The van der Waals surface area contributed by atoms with Crippen LogP contribution in [0.25, 0.3) is 38.3 Å². The fourth-order valence-electron chi connectivity index (χ4n) is 7.24. The Balaban J connectivity index is 0.914. The third-order valence-electron chi connectivity index (χ3n) is 10.1. The van der Waals surface area contributed by atoms with Crippen LogP contribution in [-0.2, 0) is 9.59 Å². The molecule has 2 amide bonds. The Morgan fingerprint density at radius 3 is 2.52 bits per heavy atom. The Hall–Kier alpha value is -4.67. The molecule has 1 saturated heterocycles. The monoisotopic (exact) mass is 660 g/mol. The molecule has 10 heteroatoms. The minimum Gasteiger partial charge on any atom is -0.338 e. The SMILES string of the molecule is O=C(CN1CC[C@@](CC2CC2)(C(=O)Nc2ccc3[nH]nc(-c4ccc(F)cc4)c3c2)C1)N1CC=C(c2ccc(-c3nccs3)cc2)CC1. The number of amides is 2. The zero-order valence-corrected chi connectivity index (χ0v) is 27.4. The lowest BCUT2D eigenvalue weighted by Gasteiger charge is -2.30. The fraction of sp³-hybridized carbons (Fsp3) is 0.316. The van der Waals surface area contributed by atoms with E-state index >= 15 is 0 Å². The van der Waals surface area contributed by atoms with Gasteiger partial charge in [0, 0.05) is 53.4 Å². The summed E-state index contributed by atoms with van der Waals surface area (Å²) >= 11 is 1.63. The van der Waals surface area contributed by atoms with E-state index in [1.54, 1.807) is 23.5 Å². The Kier molecular flexibility index (Phi) is 8.14. The highest BCUT2D eigenvalue weighted by Crippen LogP contribution is 2.46. The molecule has 2 N–H and O–H groups in total. The topological polar surface area (TPSA) is 94.2 Å². The molecule has 0 bridgehead atoms. The van der Waals surface area contributed by atoms with Crippen LogP contribution >= 0.6 is 11.3 Å². The number of carbonyl (C=O) groups excluding carboxylic acids is 2. The number of fused-ring (bicyclic) bond motifs is 1. The number of rotatable bonds is 9. The van der Waals surface area contributed by atoms with Crippen LogP contribution in [0.1, 0.15) is 37.7 Å². The number of aromatic amines is 1. The second-order valence-corrected chi connectivity index (χ2v) is 14.3. The number of halogens is 1. The summed E-state index contributed by atoms with van der Waals surface area (Å²) in [6.45, 7) is 2.92. The summed E-state index contributed by atoms with van der Waals surface area (Å²) < 4.78 is 13.5. The third-order valence-corrected chi connectivity index (χ3v) is 10.9. The number of carbonyl (C=O) groups is 2. The minimum atomic E-state index is -0.535. The van der Waals surface area contributed by atoms with Crippen molar-refractivity contribution in [2.24, 2.45) is 11.3 Å². The number of nitrogens with zero attached hydrogens (tertiary/aromatic N) is 4. The molecule has 0 unspecified atom stereocenters. The number of anilines is 1. The van der Waals surface area contributed by atoms with Gasteiger partial charge in [-0.2, -0.15) is 5.10 Å². The van der Waals surface area contributed by atoms with E-state index in [0.29, 0.717) is 43.5 Å². The van der Waals surface area contributed by atoms with E-state index in [4.69, 9.17) is 0 Å². The predicted molar refractivity (Wildman–Crippen MR) is 188 cm³/mol. The van der Waals surface area contributed by atoms with Crippen molar-refractivity contribution in [1.29, 1.82) is 0 Å². The van der Waals surface area contributed by atoms with Gasteiger partial charge in [0.2, 0.25) is 11.8 Å². The lowest BCUT2D eigenvalue weighted by molar-refractivity contribution is -0.132. The van der Waals surface area contributed by atoms with Gasteiger partial charge in [0.15, 0.2) is 0 Å². The number of H-pyrrole nitrogens is 1. The Morgan fingerprint density at radius 1 is 1.00 bits per heavy atom. The van der Waals surface area contributed by atoms with Gasteiger partial charge in [-0.05, 0) is 85.3 Å². The highest BCUT2D eigenvalue weighted by atomic mass is 32.1. The van der Waals surface area contributed by atoms with E-state index in [-0.39, 0.29) is 17.6 Å². The zero-order valence-electron chi connectivity index (χ0n) is 26.6. The smallest absolute Gasteiger partial charge is 0.237 e. The van der Waals surface area contributed by atoms with Crippen LogP contribution in [0.5, 0.6) is 0 Å². The molecule has 5 aromatic rings. The van der Waals surface area contributed by atoms with Gasteiger partial charge < -0.3 is 10.2 Å². The van der Waals surface area contributed by atoms with Crippen molar-refractivity contribution < 1.29 is 14.0 Å². The first-order valence-corrected chi connectivity index (χ1v) is 17.6. The van der Waals surface area contributed by atoms with E-state index in [1.807, 2.05) is 34.7 Å². The lowest BCUT2D eigenvalue weighted by atomic mass is 9.80. The second kappa shape index (κ2) is 12.7. The van der Waals surface area contributed by atoms with Gasteiger partial charge in [0.05, 0.1) is 23.2 Å². The first-order valence-electron chi connectivity index (χ1n) is 16.7. The molecule has 3 aliphatic rings. The van der Waals surface area contributed by atoms with Crippen molar-refractivity contribution in [2.45, 2.75) is 32.1 Å². The number of hydrogen-bond donors (Lipinski definition) is 2. The molecular formula is C38H37FN6O2S. The van der Waals surface area contributed by atoms with E-state index in [9.17, 15) is 14.0 Å². The van der Waals surface area contributed by atoms with Crippen molar-refractivity contribution in [3.05, 3.63) is 95.8 Å². The molecule has 0 radical (unpaired) electrons. The molecule has 2 aliphatic heterocycles. The number of aromatic nitrogens is 3. The lowest BCUT2D eigenvalue weighted by Crippen LogP contribution is -2.44. The second-order valence-electron chi connectivity index (χ2n) is 13.4. The molecule has 244 valence electrons. The molecule has 0 spiro atoms. The van der Waals surface area contributed by atoms with Crippen LogP contribution in [0.15, 0.2) is 84.4 Å². The van der Waals surface area contributed by atoms with E-state index in [0.717, 1.165) is 65.7 Å². The van der Waals surface area contributed by atoms with Crippen molar-refractivity contribution in [2.75, 3.05) is 38.0 Å². The highest BCUT2D eigenvalue weighted by Gasteiger charge is 2.48.